The van der Waals surface area contributed by atoms with Crippen LogP contribution in [0.3, 0.4) is 0 Å². The first-order valence-corrected chi connectivity index (χ1v) is 8.40. The minimum Gasteiger partial charge on any atom is -0.373 e. The highest BCUT2D eigenvalue weighted by Crippen LogP contribution is 2.15. The van der Waals surface area contributed by atoms with Gasteiger partial charge in [0.05, 0.1) is 18.0 Å². The van der Waals surface area contributed by atoms with Crippen LogP contribution in [0.25, 0.3) is 0 Å². The van der Waals surface area contributed by atoms with Crippen molar-refractivity contribution in [2.45, 2.75) is 45.8 Å². The van der Waals surface area contributed by atoms with Gasteiger partial charge < -0.3 is 10.1 Å². The number of morpholine rings is 1. The van der Waals surface area contributed by atoms with Gasteiger partial charge in [0, 0.05) is 13.1 Å². The van der Waals surface area contributed by atoms with E-state index in [0.29, 0.717) is 19.5 Å². The largest absolute Gasteiger partial charge is 0.373 e. The first-order valence-electron chi connectivity index (χ1n) is 6.79. The van der Waals surface area contributed by atoms with Crippen molar-refractivity contribution in [2.75, 3.05) is 31.9 Å². The number of ether oxygens (including phenoxy) is 1. The summed E-state index contributed by atoms with van der Waals surface area (Å²) in [6, 6.07) is 0. The molecule has 0 aromatic rings. The second-order valence-corrected chi connectivity index (χ2v) is 7.08. The monoisotopic (exact) mass is 278 g/mol. The number of hydrogen-bond donors (Lipinski definition) is 1. The number of hydrogen-bond acceptors (Lipinski definition) is 4. The van der Waals surface area contributed by atoms with Crippen LogP contribution >= 0.6 is 0 Å². The minimum absolute atomic E-state index is 0.0123. The van der Waals surface area contributed by atoms with E-state index in [4.69, 9.17) is 4.74 Å². The van der Waals surface area contributed by atoms with Crippen LogP contribution in [0.1, 0.15) is 33.6 Å². The van der Waals surface area contributed by atoms with Crippen LogP contribution in [0.4, 0.5) is 0 Å². The van der Waals surface area contributed by atoms with Gasteiger partial charge >= 0.3 is 0 Å². The van der Waals surface area contributed by atoms with Crippen molar-refractivity contribution in [3.8, 4) is 0 Å². The molecule has 1 aliphatic heterocycles. The molecule has 2 atom stereocenters. The van der Waals surface area contributed by atoms with Gasteiger partial charge in [-0.25, -0.2) is 8.42 Å². The SMILES string of the molecule is CCCNCCCS(=O)(=O)N1CC(C)OC(C)C1. The zero-order valence-corrected chi connectivity index (χ0v) is 12.5. The van der Waals surface area contributed by atoms with Gasteiger partial charge in [-0.15, -0.1) is 0 Å². The van der Waals surface area contributed by atoms with Crippen molar-refractivity contribution < 1.29 is 13.2 Å². The van der Waals surface area contributed by atoms with Crippen molar-refractivity contribution in [3.63, 3.8) is 0 Å². The topological polar surface area (TPSA) is 58.6 Å². The molecule has 6 heteroatoms. The van der Waals surface area contributed by atoms with Crippen molar-refractivity contribution >= 4 is 10.0 Å². The molecule has 0 aromatic heterocycles. The second kappa shape index (κ2) is 7.43. The average molecular weight is 278 g/mol. The van der Waals surface area contributed by atoms with Crippen molar-refractivity contribution in [2.24, 2.45) is 0 Å². The first-order chi connectivity index (χ1) is 8.45. The van der Waals surface area contributed by atoms with Gasteiger partial charge in [0.1, 0.15) is 0 Å². The fraction of sp³-hybridized carbons (Fsp3) is 1.00. The van der Waals surface area contributed by atoms with E-state index in [1.807, 2.05) is 13.8 Å². The molecule has 1 N–H and O–H groups in total. The standard InChI is InChI=1S/C12H26N2O3S/c1-4-6-13-7-5-8-18(15,16)14-9-11(2)17-12(3)10-14/h11-13H,4-10H2,1-3H3. The van der Waals surface area contributed by atoms with E-state index in [1.54, 1.807) is 4.31 Å². The fourth-order valence-electron chi connectivity index (χ4n) is 2.17. The van der Waals surface area contributed by atoms with Crippen LogP contribution in [0.15, 0.2) is 0 Å². The zero-order valence-electron chi connectivity index (χ0n) is 11.7. The molecule has 0 aromatic carbocycles. The van der Waals surface area contributed by atoms with E-state index < -0.39 is 10.0 Å². The summed E-state index contributed by atoms with van der Waals surface area (Å²) in [7, 11) is -3.12. The minimum atomic E-state index is -3.12. The van der Waals surface area contributed by atoms with E-state index in [-0.39, 0.29) is 18.0 Å². The molecule has 1 fully saturated rings. The highest BCUT2D eigenvalue weighted by Gasteiger charge is 2.30. The maximum atomic E-state index is 12.2. The summed E-state index contributed by atoms with van der Waals surface area (Å²) < 4.78 is 31.4. The molecule has 1 saturated heterocycles. The van der Waals surface area contributed by atoms with Gasteiger partial charge in [-0.05, 0) is 39.8 Å². The Morgan fingerprint density at radius 1 is 1.22 bits per heavy atom. The van der Waals surface area contributed by atoms with Crippen LogP contribution in [-0.2, 0) is 14.8 Å². The quantitative estimate of drug-likeness (QED) is 0.700. The molecule has 1 rings (SSSR count). The van der Waals surface area contributed by atoms with Gasteiger partial charge in [0.2, 0.25) is 10.0 Å². The predicted molar refractivity (Wildman–Crippen MR) is 73.1 cm³/mol. The molecule has 1 heterocycles. The smallest absolute Gasteiger partial charge is 0.214 e. The molecule has 0 saturated carbocycles. The Morgan fingerprint density at radius 3 is 2.39 bits per heavy atom. The van der Waals surface area contributed by atoms with Crippen LogP contribution in [-0.4, -0.2) is 56.9 Å². The molecule has 18 heavy (non-hydrogen) atoms. The van der Waals surface area contributed by atoms with Gasteiger partial charge in [-0.1, -0.05) is 6.92 Å². The number of nitrogens with one attached hydrogen (secondary N) is 1. The fourth-order valence-corrected chi connectivity index (χ4v) is 3.81. The number of rotatable bonds is 7. The molecular formula is C12H26N2O3S. The molecule has 0 radical (unpaired) electrons. The Hall–Kier alpha value is -0.170. The third-order valence-electron chi connectivity index (χ3n) is 2.96. The molecule has 0 spiro atoms. The molecule has 1 aliphatic rings. The van der Waals surface area contributed by atoms with E-state index in [9.17, 15) is 8.42 Å². The van der Waals surface area contributed by atoms with E-state index in [0.717, 1.165) is 19.5 Å². The lowest BCUT2D eigenvalue weighted by Crippen LogP contribution is -2.48. The normalized spacial score (nSPS) is 26.4. The maximum absolute atomic E-state index is 12.2. The lowest BCUT2D eigenvalue weighted by Gasteiger charge is -2.34. The second-order valence-electron chi connectivity index (χ2n) is 4.99. The average Bonchev–Trinajstić information content (AvgIpc) is 2.27. The van der Waals surface area contributed by atoms with Gasteiger partial charge in [0.25, 0.3) is 0 Å². The highest BCUT2D eigenvalue weighted by molar-refractivity contribution is 7.89. The highest BCUT2D eigenvalue weighted by atomic mass is 32.2. The van der Waals surface area contributed by atoms with Crippen LogP contribution in [0.2, 0.25) is 0 Å². The third kappa shape index (κ3) is 5.22. The Bertz CT molecular complexity index is 322. The summed E-state index contributed by atoms with van der Waals surface area (Å²) in [6.45, 7) is 8.61. The summed E-state index contributed by atoms with van der Waals surface area (Å²) in [6.07, 6.45) is 1.72. The lowest BCUT2D eigenvalue weighted by molar-refractivity contribution is -0.0440. The molecular weight excluding hydrogens is 252 g/mol. The first kappa shape index (κ1) is 15.9. The summed E-state index contributed by atoms with van der Waals surface area (Å²) in [4.78, 5) is 0. The van der Waals surface area contributed by atoms with Crippen molar-refractivity contribution in [1.29, 1.82) is 0 Å². The Kier molecular flexibility index (Phi) is 6.55. The number of nitrogens with zero attached hydrogens (tertiary/aromatic N) is 1. The Balaban J connectivity index is 2.38. The van der Waals surface area contributed by atoms with Gasteiger partial charge in [-0.2, -0.15) is 4.31 Å². The summed E-state index contributed by atoms with van der Waals surface area (Å²) >= 11 is 0. The molecule has 108 valence electrons. The van der Waals surface area contributed by atoms with Crippen LogP contribution in [0.5, 0.6) is 0 Å². The molecule has 0 bridgehead atoms. The van der Waals surface area contributed by atoms with Crippen molar-refractivity contribution in [3.05, 3.63) is 0 Å². The van der Waals surface area contributed by atoms with Crippen LogP contribution in [0, 0.1) is 0 Å². The lowest BCUT2D eigenvalue weighted by atomic mass is 10.3. The molecule has 5 nitrogen and oxygen atoms in total. The molecule has 2 unspecified atom stereocenters. The van der Waals surface area contributed by atoms with Crippen molar-refractivity contribution in [1.82, 2.24) is 9.62 Å². The summed E-state index contributed by atoms with van der Waals surface area (Å²) in [5.41, 5.74) is 0. The maximum Gasteiger partial charge on any atom is 0.214 e. The Labute approximate surface area is 111 Å². The van der Waals surface area contributed by atoms with Gasteiger partial charge in [-0.3, -0.25) is 0 Å². The zero-order chi connectivity index (χ0) is 13.6. The van der Waals surface area contributed by atoms with E-state index in [1.165, 1.54) is 0 Å². The van der Waals surface area contributed by atoms with Gasteiger partial charge in [0.15, 0.2) is 0 Å². The van der Waals surface area contributed by atoms with E-state index >= 15 is 0 Å². The Morgan fingerprint density at radius 2 is 1.83 bits per heavy atom. The predicted octanol–water partition coefficient (Wildman–Crippen LogP) is 0.815. The molecule has 0 amide bonds. The van der Waals surface area contributed by atoms with E-state index in [2.05, 4.69) is 12.2 Å². The third-order valence-corrected chi connectivity index (χ3v) is 4.85. The summed E-state index contributed by atoms with van der Waals surface area (Å²) in [5, 5.41) is 3.22. The van der Waals surface area contributed by atoms with Crippen LogP contribution < -0.4 is 5.32 Å². The summed E-state index contributed by atoms with van der Waals surface area (Å²) in [5.74, 6) is 0.225. The number of sulfonamides is 1. The molecule has 0 aliphatic carbocycles.